The van der Waals surface area contributed by atoms with Crippen LogP contribution in [-0.4, -0.2) is 37.0 Å². The number of nitrogens with one attached hydrogen (secondary N) is 1. The fraction of sp³-hybridized carbons (Fsp3) is 0.588. The van der Waals surface area contributed by atoms with E-state index < -0.39 is 0 Å². The van der Waals surface area contributed by atoms with Gasteiger partial charge in [-0.1, -0.05) is 18.0 Å². The van der Waals surface area contributed by atoms with Crippen LogP contribution in [0.4, 0.5) is 0 Å². The van der Waals surface area contributed by atoms with Gasteiger partial charge in [0.15, 0.2) is 0 Å². The summed E-state index contributed by atoms with van der Waals surface area (Å²) in [6.07, 6.45) is 4.94. The van der Waals surface area contributed by atoms with Crippen molar-refractivity contribution in [1.29, 1.82) is 0 Å². The van der Waals surface area contributed by atoms with Gasteiger partial charge in [0.2, 0.25) is 0 Å². The Kier molecular flexibility index (Phi) is 4.51. The van der Waals surface area contributed by atoms with Gasteiger partial charge >= 0.3 is 0 Å². The molecule has 1 aromatic carbocycles. The number of rotatable bonds is 2. The van der Waals surface area contributed by atoms with Gasteiger partial charge in [-0.3, -0.25) is 4.79 Å². The van der Waals surface area contributed by atoms with Gasteiger partial charge in [-0.2, -0.15) is 0 Å². The van der Waals surface area contributed by atoms with E-state index >= 15 is 0 Å². The zero-order chi connectivity index (χ0) is 14.8. The molecule has 3 atom stereocenters. The fourth-order valence-electron chi connectivity index (χ4n) is 3.86. The lowest BCUT2D eigenvalue weighted by atomic mass is 9.72. The molecule has 3 rings (SSSR count). The minimum Gasteiger partial charge on any atom is -0.349 e. The van der Waals surface area contributed by atoms with Gasteiger partial charge in [0.05, 0.1) is 0 Å². The number of carbonyl (C=O) groups excluding carboxylic acids is 1. The standard InChI is InChI=1S/C17H23ClN2O/c1-20-10-9-12-3-2-4-16(15(12)11-20)19-17(21)13-5-7-14(18)8-6-13/h5-8,12,15-16H,2-4,9-11H2,1H3,(H,19,21)/t12-,15-,16?/m1/s1. The number of likely N-dealkylation sites (tertiary alicyclic amines) is 1. The molecule has 1 aliphatic carbocycles. The highest BCUT2D eigenvalue weighted by Crippen LogP contribution is 2.36. The van der Waals surface area contributed by atoms with E-state index in [9.17, 15) is 4.79 Å². The van der Waals surface area contributed by atoms with Gasteiger partial charge < -0.3 is 10.2 Å². The number of carbonyl (C=O) groups is 1. The van der Waals surface area contributed by atoms with Crippen molar-refractivity contribution < 1.29 is 4.79 Å². The number of amides is 1. The van der Waals surface area contributed by atoms with Crippen molar-refractivity contribution in [2.24, 2.45) is 11.8 Å². The number of halogens is 1. The number of hydrogen-bond donors (Lipinski definition) is 1. The Morgan fingerprint density at radius 3 is 2.76 bits per heavy atom. The SMILES string of the molecule is CN1CC[C@H]2CCCC(NC(=O)c3ccc(Cl)cc3)[C@@H]2C1. The lowest BCUT2D eigenvalue weighted by molar-refractivity contribution is 0.0650. The van der Waals surface area contributed by atoms with Gasteiger partial charge in [-0.05, 0) is 69.0 Å². The highest BCUT2D eigenvalue weighted by Gasteiger charge is 2.37. The summed E-state index contributed by atoms with van der Waals surface area (Å²) >= 11 is 5.88. The summed E-state index contributed by atoms with van der Waals surface area (Å²) in [5, 5.41) is 3.93. The van der Waals surface area contributed by atoms with Crippen LogP contribution in [0.25, 0.3) is 0 Å². The second kappa shape index (κ2) is 6.37. The zero-order valence-electron chi connectivity index (χ0n) is 12.5. The van der Waals surface area contributed by atoms with E-state index in [1.807, 2.05) is 0 Å². The maximum absolute atomic E-state index is 12.4. The Hall–Kier alpha value is -1.06. The van der Waals surface area contributed by atoms with Gasteiger partial charge in [0.25, 0.3) is 5.91 Å². The van der Waals surface area contributed by atoms with Crippen LogP contribution < -0.4 is 5.32 Å². The second-order valence-corrected chi connectivity index (χ2v) is 6.93. The topological polar surface area (TPSA) is 32.3 Å². The quantitative estimate of drug-likeness (QED) is 0.910. The van der Waals surface area contributed by atoms with E-state index in [2.05, 4.69) is 17.3 Å². The predicted molar refractivity (Wildman–Crippen MR) is 85.7 cm³/mol. The first-order chi connectivity index (χ1) is 10.1. The van der Waals surface area contributed by atoms with Crippen molar-refractivity contribution in [3.63, 3.8) is 0 Å². The third-order valence-corrected chi connectivity index (χ3v) is 5.29. The number of hydrogen-bond acceptors (Lipinski definition) is 2. The van der Waals surface area contributed by atoms with Crippen LogP contribution in [-0.2, 0) is 0 Å². The van der Waals surface area contributed by atoms with Crippen LogP contribution in [0.3, 0.4) is 0 Å². The molecule has 4 heteroatoms. The summed E-state index contributed by atoms with van der Waals surface area (Å²) < 4.78 is 0. The molecule has 0 aromatic heterocycles. The molecule has 0 spiro atoms. The van der Waals surface area contributed by atoms with Gasteiger partial charge in [-0.25, -0.2) is 0 Å². The molecule has 1 saturated carbocycles. The average Bonchev–Trinajstić information content (AvgIpc) is 2.48. The number of benzene rings is 1. The summed E-state index contributed by atoms with van der Waals surface area (Å²) in [5.41, 5.74) is 0.700. The molecule has 0 radical (unpaired) electrons. The van der Waals surface area contributed by atoms with E-state index in [1.54, 1.807) is 24.3 Å². The Morgan fingerprint density at radius 1 is 1.24 bits per heavy atom. The molecule has 1 aliphatic heterocycles. The van der Waals surface area contributed by atoms with E-state index in [0.29, 0.717) is 22.5 Å². The van der Waals surface area contributed by atoms with E-state index in [4.69, 9.17) is 11.6 Å². The number of piperidine rings is 1. The normalized spacial score (nSPS) is 29.7. The van der Waals surface area contributed by atoms with Gasteiger partial charge in [0, 0.05) is 23.2 Å². The third kappa shape index (κ3) is 3.41. The molecule has 21 heavy (non-hydrogen) atoms. The van der Waals surface area contributed by atoms with Crippen molar-refractivity contribution in [2.45, 2.75) is 31.7 Å². The summed E-state index contributed by atoms with van der Waals surface area (Å²) in [5.74, 6) is 1.42. The summed E-state index contributed by atoms with van der Waals surface area (Å²) in [7, 11) is 2.18. The molecule has 114 valence electrons. The Morgan fingerprint density at radius 2 is 2.00 bits per heavy atom. The molecule has 1 unspecified atom stereocenters. The lowest BCUT2D eigenvalue weighted by Crippen LogP contribution is -2.52. The van der Waals surface area contributed by atoms with Crippen LogP contribution in [0.15, 0.2) is 24.3 Å². The molecule has 2 aliphatic rings. The number of fused-ring (bicyclic) bond motifs is 1. The summed E-state index contributed by atoms with van der Waals surface area (Å²) in [6.45, 7) is 2.30. The van der Waals surface area contributed by atoms with Crippen molar-refractivity contribution in [1.82, 2.24) is 10.2 Å². The highest BCUT2D eigenvalue weighted by molar-refractivity contribution is 6.30. The van der Waals surface area contributed by atoms with E-state index in [-0.39, 0.29) is 5.91 Å². The molecule has 1 heterocycles. The molecule has 1 saturated heterocycles. The summed E-state index contributed by atoms with van der Waals surface area (Å²) in [6, 6.07) is 7.45. The molecular formula is C17H23ClN2O. The first-order valence-electron chi connectivity index (χ1n) is 7.88. The molecule has 1 aromatic rings. The molecule has 0 bridgehead atoms. The first-order valence-corrected chi connectivity index (χ1v) is 8.26. The lowest BCUT2D eigenvalue weighted by Gasteiger charge is -2.44. The van der Waals surface area contributed by atoms with Crippen LogP contribution in [0.2, 0.25) is 5.02 Å². The van der Waals surface area contributed by atoms with Crippen LogP contribution in [0.5, 0.6) is 0 Å². The van der Waals surface area contributed by atoms with Crippen molar-refractivity contribution in [3.05, 3.63) is 34.9 Å². The number of nitrogens with zero attached hydrogens (tertiary/aromatic N) is 1. The molecule has 2 fully saturated rings. The minimum atomic E-state index is 0.0329. The van der Waals surface area contributed by atoms with Crippen molar-refractivity contribution in [3.8, 4) is 0 Å². The Balaban J connectivity index is 1.68. The third-order valence-electron chi connectivity index (χ3n) is 5.04. The Labute approximate surface area is 131 Å². The zero-order valence-corrected chi connectivity index (χ0v) is 13.3. The summed E-state index contributed by atoms with van der Waals surface area (Å²) in [4.78, 5) is 14.8. The van der Waals surface area contributed by atoms with Crippen molar-refractivity contribution in [2.75, 3.05) is 20.1 Å². The smallest absolute Gasteiger partial charge is 0.251 e. The monoisotopic (exact) mass is 306 g/mol. The largest absolute Gasteiger partial charge is 0.349 e. The maximum Gasteiger partial charge on any atom is 0.251 e. The second-order valence-electron chi connectivity index (χ2n) is 6.49. The fourth-order valence-corrected chi connectivity index (χ4v) is 3.99. The van der Waals surface area contributed by atoms with Gasteiger partial charge in [-0.15, -0.1) is 0 Å². The van der Waals surface area contributed by atoms with Gasteiger partial charge in [0.1, 0.15) is 0 Å². The molecule has 1 amide bonds. The van der Waals surface area contributed by atoms with Crippen LogP contribution >= 0.6 is 11.6 Å². The molecule has 3 nitrogen and oxygen atoms in total. The van der Waals surface area contributed by atoms with Crippen LogP contribution in [0.1, 0.15) is 36.0 Å². The first kappa shape index (κ1) is 14.9. The minimum absolute atomic E-state index is 0.0329. The van der Waals surface area contributed by atoms with Crippen LogP contribution in [0, 0.1) is 11.8 Å². The van der Waals surface area contributed by atoms with E-state index in [1.165, 1.54) is 25.8 Å². The predicted octanol–water partition coefficient (Wildman–Crippen LogP) is 3.19. The van der Waals surface area contributed by atoms with Crippen molar-refractivity contribution >= 4 is 17.5 Å². The average molecular weight is 307 g/mol. The highest BCUT2D eigenvalue weighted by atomic mass is 35.5. The molecular weight excluding hydrogens is 284 g/mol. The molecule has 1 N–H and O–H groups in total. The Bertz CT molecular complexity index is 502. The van der Waals surface area contributed by atoms with E-state index in [0.717, 1.165) is 18.9 Å². The maximum atomic E-state index is 12.4.